The molecule has 2 aliphatic heterocycles. The number of methoxy groups -OCH3 is 2. The zero-order valence-electron chi connectivity index (χ0n) is 14.9. The van der Waals surface area contributed by atoms with Crippen molar-refractivity contribution in [1.29, 1.82) is 0 Å². The number of ether oxygens (including phenoxy) is 3. The number of hydrogen-bond acceptors (Lipinski definition) is 8. The first-order valence-corrected chi connectivity index (χ1v) is 9.87. The zero-order chi connectivity index (χ0) is 18.6. The van der Waals surface area contributed by atoms with Gasteiger partial charge in [0.1, 0.15) is 0 Å². The minimum Gasteiger partial charge on any atom is -0.493 e. The molecule has 1 atom stereocenters. The van der Waals surface area contributed by atoms with Crippen molar-refractivity contribution in [1.82, 2.24) is 14.9 Å². The number of aliphatic imine (C=N–C) groups is 1. The van der Waals surface area contributed by atoms with Gasteiger partial charge in [0.05, 0.1) is 38.6 Å². The molecule has 1 saturated heterocycles. The van der Waals surface area contributed by atoms with E-state index >= 15 is 0 Å². The summed E-state index contributed by atoms with van der Waals surface area (Å²) in [6.07, 6.45) is 2.38. The maximum absolute atomic E-state index is 12.6. The van der Waals surface area contributed by atoms with E-state index in [0.717, 1.165) is 26.0 Å². The van der Waals surface area contributed by atoms with Gasteiger partial charge in [-0.1, -0.05) is 0 Å². The molecule has 2 N–H and O–H groups in total. The molecule has 1 aromatic carbocycles. The Labute approximate surface area is 153 Å². The van der Waals surface area contributed by atoms with Crippen molar-refractivity contribution in [2.75, 3.05) is 40.7 Å². The molecule has 0 amide bonds. The van der Waals surface area contributed by atoms with Gasteiger partial charge >= 0.3 is 0 Å². The van der Waals surface area contributed by atoms with Gasteiger partial charge in [-0.25, -0.2) is 18.1 Å². The number of benzene rings is 1. The number of nitrogens with one attached hydrogen (secondary N) is 2. The van der Waals surface area contributed by atoms with Crippen LogP contribution in [0.3, 0.4) is 0 Å². The fourth-order valence-corrected chi connectivity index (χ4v) is 3.92. The molecule has 2 aliphatic rings. The Balaban J connectivity index is 1.63. The van der Waals surface area contributed by atoms with Crippen LogP contribution in [0.4, 0.5) is 0 Å². The van der Waals surface area contributed by atoms with Crippen molar-refractivity contribution in [2.24, 2.45) is 4.99 Å². The molecular weight excluding hydrogens is 360 g/mol. The molecule has 1 aromatic rings. The van der Waals surface area contributed by atoms with Crippen LogP contribution in [0.1, 0.15) is 12.8 Å². The van der Waals surface area contributed by atoms with E-state index in [1.807, 2.05) is 0 Å². The Morgan fingerprint density at radius 2 is 2.15 bits per heavy atom. The summed E-state index contributed by atoms with van der Waals surface area (Å²) in [6.45, 7) is 2.52. The average Bonchev–Trinajstić information content (AvgIpc) is 3.15. The summed E-state index contributed by atoms with van der Waals surface area (Å²) in [5, 5.41) is 2.99. The topological polar surface area (TPSA) is 101 Å². The molecule has 9 nitrogen and oxygen atoms in total. The van der Waals surface area contributed by atoms with Gasteiger partial charge < -0.3 is 19.5 Å². The lowest BCUT2D eigenvalue weighted by Gasteiger charge is -2.28. The summed E-state index contributed by atoms with van der Waals surface area (Å²) >= 11 is 0. The quantitative estimate of drug-likeness (QED) is 0.729. The lowest BCUT2D eigenvalue weighted by molar-refractivity contribution is 0.0714. The molecule has 0 aromatic heterocycles. The smallest absolute Gasteiger partial charge is 0.264 e. The van der Waals surface area contributed by atoms with Crippen LogP contribution in [0.15, 0.2) is 28.1 Å². The summed E-state index contributed by atoms with van der Waals surface area (Å²) in [5.41, 5.74) is 0. The lowest BCUT2D eigenvalue weighted by Crippen LogP contribution is -2.51. The van der Waals surface area contributed by atoms with Gasteiger partial charge in [0.15, 0.2) is 11.5 Å². The standard InChI is InChI=1S/C16H24N4O5S/c1-23-14-6-5-13(8-15(14)24-2)26(21,22)19-16-17-10-20(11-18-16)9-12-4-3-7-25-12/h5-6,8,12H,3-4,7,9-11H2,1-2H3,(H2,17,18,19)/t12-/m1/s1. The fourth-order valence-electron chi connectivity index (χ4n) is 2.90. The van der Waals surface area contributed by atoms with Crippen molar-refractivity contribution < 1.29 is 22.6 Å². The van der Waals surface area contributed by atoms with Gasteiger partial charge in [0.2, 0.25) is 5.96 Å². The molecule has 0 bridgehead atoms. The lowest BCUT2D eigenvalue weighted by atomic mass is 10.2. The molecule has 0 unspecified atom stereocenters. The third-order valence-corrected chi connectivity index (χ3v) is 5.62. The first-order valence-electron chi connectivity index (χ1n) is 8.39. The Hall–Kier alpha value is -2.04. The highest BCUT2D eigenvalue weighted by molar-refractivity contribution is 7.90. The minimum atomic E-state index is -3.78. The van der Waals surface area contributed by atoms with E-state index in [9.17, 15) is 8.42 Å². The number of sulfonamides is 1. The van der Waals surface area contributed by atoms with Gasteiger partial charge in [-0.3, -0.25) is 4.90 Å². The average molecular weight is 384 g/mol. The van der Waals surface area contributed by atoms with E-state index in [1.54, 1.807) is 6.07 Å². The minimum absolute atomic E-state index is 0.0708. The molecule has 0 aliphatic carbocycles. The van der Waals surface area contributed by atoms with Crippen LogP contribution >= 0.6 is 0 Å². The van der Waals surface area contributed by atoms with Crippen LogP contribution in [0.2, 0.25) is 0 Å². The molecule has 0 spiro atoms. The highest BCUT2D eigenvalue weighted by Crippen LogP contribution is 2.29. The van der Waals surface area contributed by atoms with Crippen LogP contribution in [0.5, 0.6) is 11.5 Å². The SMILES string of the molecule is COc1ccc(S(=O)(=O)NC2=NCN(C[C@H]3CCCO3)CN2)cc1OC. The van der Waals surface area contributed by atoms with E-state index < -0.39 is 10.0 Å². The first-order chi connectivity index (χ1) is 12.5. The van der Waals surface area contributed by atoms with Gasteiger partial charge in [-0.2, -0.15) is 0 Å². The summed E-state index contributed by atoms with van der Waals surface area (Å²) in [6, 6.07) is 4.41. The normalized spacial score (nSPS) is 21.0. The summed E-state index contributed by atoms with van der Waals surface area (Å²) in [7, 11) is -0.831. The second kappa shape index (κ2) is 8.11. The summed E-state index contributed by atoms with van der Waals surface area (Å²) in [5.74, 6) is 1.03. The third-order valence-electron chi connectivity index (χ3n) is 4.28. The molecule has 2 heterocycles. The van der Waals surface area contributed by atoms with Crippen molar-refractivity contribution >= 4 is 16.0 Å². The Bertz CT molecular complexity index is 762. The third kappa shape index (κ3) is 4.37. The van der Waals surface area contributed by atoms with Crippen LogP contribution < -0.4 is 19.5 Å². The Kier molecular flexibility index (Phi) is 5.84. The van der Waals surface area contributed by atoms with Crippen molar-refractivity contribution in [3.05, 3.63) is 18.2 Å². The second-order valence-corrected chi connectivity index (χ2v) is 7.78. The van der Waals surface area contributed by atoms with Crippen LogP contribution in [0.25, 0.3) is 0 Å². The van der Waals surface area contributed by atoms with E-state index in [1.165, 1.54) is 26.4 Å². The predicted molar refractivity (Wildman–Crippen MR) is 95.9 cm³/mol. The van der Waals surface area contributed by atoms with Gasteiger partial charge in [0, 0.05) is 19.2 Å². The van der Waals surface area contributed by atoms with Crippen molar-refractivity contribution in [3.63, 3.8) is 0 Å². The zero-order valence-corrected chi connectivity index (χ0v) is 15.7. The Morgan fingerprint density at radius 1 is 1.35 bits per heavy atom. The molecule has 1 fully saturated rings. The van der Waals surface area contributed by atoms with Crippen LogP contribution in [0, 0.1) is 0 Å². The molecule has 3 rings (SSSR count). The van der Waals surface area contributed by atoms with Crippen LogP contribution in [-0.2, 0) is 14.8 Å². The van der Waals surface area contributed by atoms with Gasteiger partial charge in [-0.05, 0) is 25.0 Å². The first kappa shape index (κ1) is 18.7. The van der Waals surface area contributed by atoms with E-state index in [0.29, 0.717) is 24.8 Å². The van der Waals surface area contributed by atoms with Gasteiger partial charge in [0.25, 0.3) is 10.0 Å². The van der Waals surface area contributed by atoms with Crippen molar-refractivity contribution in [3.8, 4) is 11.5 Å². The van der Waals surface area contributed by atoms with Crippen LogP contribution in [-0.4, -0.2) is 66.1 Å². The summed E-state index contributed by atoms with van der Waals surface area (Å²) in [4.78, 5) is 6.41. The fraction of sp³-hybridized carbons (Fsp3) is 0.562. The number of guanidine groups is 1. The van der Waals surface area contributed by atoms with E-state index in [2.05, 4.69) is 19.9 Å². The molecule has 10 heteroatoms. The van der Waals surface area contributed by atoms with E-state index in [4.69, 9.17) is 14.2 Å². The van der Waals surface area contributed by atoms with Crippen molar-refractivity contribution in [2.45, 2.75) is 23.8 Å². The molecule has 26 heavy (non-hydrogen) atoms. The number of rotatable bonds is 6. The molecular formula is C16H24N4O5S. The highest BCUT2D eigenvalue weighted by atomic mass is 32.2. The molecule has 0 saturated carbocycles. The number of hydrogen-bond donors (Lipinski definition) is 2. The van der Waals surface area contributed by atoms with E-state index in [-0.39, 0.29) is 17.0 Å². The summed E-state index contributed by atoms with van der Waals surface area (Å²) < 4.78 is 43.5. The maximum atomic E-state index is 12.6. The highest BCUT2D eigenvalue weighted by Gasteiger charge is 2.23. The maximum Gasteiger partial charge on any atom is 0.264 e. The Morgan fingerprint density at radius 3 is 2.77 bits per heavy atom. The molecule has 144 valence electrons. The monoisotopic (exact) mass is 384 g/mol. The molecule has 0 radical (unpaired) electrons. The largest absolute Gasteiger partial charge is 0.493 e. The predicted octanol–water partition coefficient (Wildman–Crippen LogP) is 0.337. The van der Waals surface area contributed by atoms with Gasteiger partial charge in [-0.15, -0.1) is 0 Å². The second-order valence-electron chi connectivity index (χ2n) is 6.09. The number of nitrogens with zero attached hydrogens (tertiary/aromatic N) is 2.